The monoisotopic (exact) mass is 336 g/mol. The van der Waals surface area contributed by atoms with Crippen LogP contribution in [0.5, 0.6) is 0 Å². The number of nitrogens with one attached hydrogen (secondary N) is 1. The number of nitrogens with zero attached hydrogens (tertiary/aromatic N) is 1. The maximum atomic E-state index is 13.5. The van der Waals surface area contributed by atoms with Crippen molar-refractivity contribution < 1.29 is 13.9 Å². The van der Waals surface area contributed by atoms with Crippen molar-refractivity contribution in [1.29, 1.82) is 0 Å². The van der Waals surface area contributed by atoms with Gasteiger partial charge in [-0.2, -0.15) is 0 Å². The molecule has 0 spiro atoms. The van der Waals surface area contributed by atoms with Crippen LogP contribution >= 0.6 is 27.5 Å². The molecule has 0 radical (unpaired) electrons. The zero-order chi connectivity index (χ0) is 13.3. The molecule has 2 rings (SSSR count). The fourth-order valence-electron chi connectivity index (χ4n) is 1.48. The van der Waals surface area contributed by atoms with E-state index in [4.69, 9.17) is 11.6 Å². The number of halogens is 3. The normalized spacial score (nSPS) is 23.3. The Morgan fingerprint density at radius 3 is 2.94 bits per heavy atom. The van der Waals surface area contributed by atoms with Gasteiger partial charge in [-0.15, -0.1) is 0 Å². The first-order valence-electron chi connectivity index (χ1n) is 5.32. The van der Waals surface area contributed by atoms with Gasteiger partial charge in [0.05, 0.1) is 7.11 Å². The molecule has 1 aliphatic carbocycles. The Labute approximate surface area is 117 Å². The van der Waals surface area contributed by atoms with E-state index in [1.54, 1.807) is 0 Å². The van der Waals surface area contributed by atoms with E-state index >= 15 is 0 Å². The first kappa shape index (κ1) is 13.5. The zero-order valence-electron chi connectivity index (χ0n) is 9.49. The van der Waals surface area contributed by atoms with E-state index < -0.39 is 17.3 Å². The molecule has 0 aliphatic heterocycles. The number of anilines is 1. The van der Waals surface area contributed by atoms with Gasteiger partial charge in [0.15, 0.2) is 17.3 Å². The van der Waals surface area contributed by atoms with Crippen LogP contribution in [0.1, 0.15) is 16.9 Å². The summed E-state index contributed by atoms with van der Waals surface area (Å²) in [7, 11) is 1.24. The third kappa shape index (κ3) is 2.92. The molecule has 7 heteroatoms. The summed E-state index contributed by atoms with van der Waals surface area (Å²) in [6.45, 7) is 0. The maximum absolute atomic E-state index is 13.5. The van der Waals surface area contributed by atoms with Gasteiger partial charge in [0, 0.05) is 10.7 Å². The van der Waals surface area contributed by atoms with Gasteiger partial charge in [-0.3, -0.25) is 0 Å². The van der Waals surface area contributed by atoms with Gasteiger partial charge in [0.2, 0.25) is 0 Å². The van der Waals surface area contributed by atoms with Crippen molar-refractivity contribution in [2.45, 2.75) is 16.7 Å². The van der Waals surface area contributed by atoms with Crippen LogP contribution in [0.2, 0.25) is 0 Å². The lowest BCUT2D eigenvalue weighted by Gasteiger charge is -2.13. The molecule has 1 N–H and O–H groups in total. The highest BCUT2D eigenvalue weighted by Crippen LogP contribution is 2.42. The summed E-state index contributed by atoms with van der Waals surface area (Å²) in [4.78, 5) is 15.5. The highest BCUT2D eigenvalue weighted by molar-refractivity contribution is 9.09. The molecule has 1 aromatic heterocycles. The lowest BCUT2D eigenvalue weighted by atomic mass is 10.3. The molecule has 3 unspecified atom stereocenters. The number of hydrogen-bond acceptors (Lipinski definition) is 4. The number of hydrogen-bond donors (Lipinski definition) is 1. The molecule has 0 saturated heterocycles. The second kappa shape index (κ2) is 5.40. The minimum atomic E-state index is -0.617. The Kier molecular flexibility index (Phi) is 4.07. The van der Waals surface area contributed by atoms with E-state index in [1.165, 1.54) is 13.2 Å². The second-order valence-corrected chi connectivity index (χ2v) is 5.63. The van der Waals surface area contributed by atoms with Gasteiger partial charge < -0.3 is 10.1 Å². The van der Waals surface area contributed by atoms with Crippen molar-refractivity contribution in [2.75, 3.05) is 12.4 Å². The quantitative estimate of drug-likeness (QED) is 0.521. The number of ether oxygens (including phenoxy) is 1. The Morgan fingerprint density at radius 1 is 1.72 bits per heavy atom. The summed E-state index contributed by atoms with van der Waals surface area (Å²) in [5.74, 6) is -0.979. The smallest absolute Gasteiger partial charge is 0.356 e. The molecule has 98 valence electrons. The van der Waals surface area contributed by atoms with Crippen molar-refractivity contribution in [3.63, 3.8) is 0 Å². The Morgan fingerprint density at radius 2 is 2.39 bits per heavy atom. The van der Waals surface area contributed by atoms with Crippen LogP contribution < -0.4 is 5.32 Å². The van der Waals surface area contributed by atoms with Crippen LogP contribution in [0.4, 0.5) is 10.2 Å². The minimum Gasteiger partial charge on any atom is -0.464 e. The predicted octanol–water partition coefficient (Wildman–Crippen LogP) is 2.77. The summed E-state index contributed by atoms with van der Waals surface area (Å²) in [6.07, 6.45) is 0.930. The van der Waals surface area contributed by atoms with Crippen LogP contribution in [-0.4, -0.2) is 28.4 Å². The van der Waals surface area contributed by atoms with Gasteiger partial charge in [0.25, 0.3) is 0 Å². The summed E-state index contributed by atoms with van der Waals surface area (Å²) in [5.41, 5.74) is -0.388. The second-order valence-electron chi connectivity index (χ2n) is 3.98. The van der Waals surface area contributed by atoms with Gasteiger partial charge in [-0.25, -0.2) is 14.2 Å². The fourth-order valence-corrected chi connectivity index (χ4v) is 2.78. The number of aromatic nitrogens is 1. The van der Waals surface area contributed by atoms with Crippen LogP contribution in [0.3, 0.4) is 0 Å². The lowest BCUT2D eigenvalue weighted by molar-refractivity contribution is 0.0594. The Hall–Kier alpha value is -0.880. The van der Waals surface area contributed by atoms with Crippen LogP contribution in [0.25, 0.3) is 0 Å². The largest absolute Gasteiger partial charge is 0.464 e. The molecule has 4 nitrogen and oxygen atoms in total. The maximum Gasteiger partial charge on any atom is 0.356 e. The zero-order valence-corrected chi connectivity index (χ0v) is 11.8. The van der Waals surface area contributed by atoms with Gasteiger partial charge in [-0.05, 0) is 18.6 Å². The van der Waals surface area contributed by atoms with E-state index in [9.17, 15) is 9.18 Å². The molecule has 1 aromatic rings. The molecule has 3 atom stereocenters. The minimum absolute atomic E-state index is 0.0375. The summed E-state index contributed by atoms with van der Waals surface area (Å²) in [5, 5.41) is 2.76. The van der Waals surface area contributed by atoms with Gasteiger partial charge in [-0.1, -0.05) is 27.5 Å². The molecule has 0 amide bonds. The number of carbonyl (C=O) groups excluding carboxylic acids is 1. The first-order valence-corrected chi connectivity index (χ1v) is 6.67. The van der Waals surface area contributed by atoms with Crippen molar-refractivity contribution in [2.24, 2.45) is 5.92 Å². The predicted molar refractivity (Wildman–Crippen MR) is 69.6 cm³/mol. The molecule has 1 saturated carbocycles. The highest BCUT2D eigenvalue weighted by atomic mass is 79.9. The molecule has 1 aliphatic rings. The van der Waals surface area contributed by atoms with Crippen molar-refractivity contribution in [3.05, 3.63) is 23.6 Å². The average Bonchev–Trinajstić information content (AvgIpc) is 3.08. The van der Waals surface area contributed by atoms with Crippen molar-refractivity contribution in [1.82, 2.24) is 4.98 Å². The number of esters is 1. The first-order chi connectivity index (χ1) is 8.52. The number of carbonyl (C=O) groups is 1. The molecule has 0 bridgehead atoms. The molecule has 1 fully saturated rings. The number of rotatable bonds is 4. The van der Waals surface area contributed by atoms with E-state index in [-0.39, 0.29) is 17.4 Å². The highest BCUT2D eigenvalue weighted by Gasteiger charge is 2.40. The van der Waals surface area contributed by atoms with Crippen LogP contribution in [0, 0.1) is 11.7 Å². The topological polar surface area (TPSA) is 51.2 Å². The van der Waals surface area contributed by atoms with Gasteiger partial charge in [0.1, 0.15) is 5.50 Å². The van der Waals surface area contributed by atoms with Crippen LogP contribution in [0.15, 0.2) is 12.1 Å². The SMILES string of the molecule is COC(=O)c1ccc(F)c(NC(Cl)C2CC2Br)n1. The summed E-state index contributed by atoms with van der Waals surface area (Å²) < 4.78 is 18.1. The van der Waals surface area contributed by atoms with E-state index in [0.717, 1.165) is 12.5 Å². The number of pyridine rings is 1. The summed E-state index contributed by atoms with van der Waals surface area (Å²) in [6, 6.07) is 2.42. The average molecular weight is 338 g/mol. The summed E-state index contributed by atoms with van der Waals surface area (Å²) >= 11 is 9.50. The fraction of sp³-hybridized carbons (Fsp3) is 0.455. The molecule has 18 heavy (non-hydrogen) atoms. The third-order valence-electron chi connectivity index (χ3n) is 2.65. The number of methoxy groups -OCH3 is 1. The molecular formula is C11H11BrClFN2O2. The Balaban J connectivity index is 2.13. The van der Waals surface area contributed by atoms with Crippen molar-refractivity contribution >= 4 is 39.3 Å². The van der Waals surface area contributed by atoms with E-state index in [2.05, 4.69) is 31.0 Å². The third-order valence-corrected chi connectivity index (χ3v) is 4.14. The molecular weight excluding hydrogens is 326 g/mol. The standard InChI is InChI=1S/C11H11BrClFN2O2/c1-18-11(17)8-3-2-7(14)10(15-8)16-9(13)5-4-6(5)12/h2-3,5-6,9H,4H2,1H3,(H,15,16). The molecule has 0 aromatic carbocycles. The lowest BCUT2D eigenvalue weighted by Crippen LogP contribution is -2.19. The van der Waals surface area contributed by atoms with Gasteiger partial charge >= 0.3 is 5.97 Å². The van der Waals surface area contributed by atoms with Crippen LogP contribution in [-0.2, 0) is 4.74 Å². The Bertz CT molecular complexity index is 474. The van der Waals surface area contributed by atoms with Crippen molar-refractivity contribution in [3.8, 4) is 0 Å². The van der Waals surface area contributed by atoms with E-state index in [0.29, 0.717) is 4.83 Å². The molecule has 1 heterocycles. The van der Waals surface area contributed by atoms with E-state index in [1.807, 2.05) is 0 Å². The number of alkyl halides is 2.